The highest BCUT2D eigenvalue weighted by Gasteiger charge is 2.15. The molecule has 0 atom stereocenters. The van der Waals surface area contributed by atoms with Gasteiger partial charge in [0.15, 0.2) is 0 Å². The van der Waals surface area contributed by atoms with Crippen molar-refractivity contribution < 1.29 is 0 Å². The summed E-state index contributed by atoms with van der Waals surface area (Å²) in [5.74, 6) is 0.834. The first-order valence-electron chi connectivity index (χ1n) is 6.37. The lowest BCUT2D eigenvalue weighted by atomic mass is 10.1. The highest BCUT2D eigenvalue weighted by molar-refractivity contribution is 4.72. The van der Waals surface area contributed by atoms with E-state index in [9.17, 15) is 0 Å². The molecular formula is C12H27N3. The first-order valence-corrected chi connectivity index (χ1v) is 6.37. The molecule has 0 aromatic rings. The second kappa shape index (κ2) is 7.20. The summed E-state index contributed by atoms with van der Waals surface area (Å²) in [4.78, 5) is 5.14. The minimum Gasteiger partial charge on any atom is -0.330 e. The average Bonchev–Trinajstić information content (AvgIpc) is 2.25. The van der Waals surface area contributed by atoms with Gasteiger partial charge in [0.05, 0.1) is 0 Å². The van der Waals surface area contributed by atoms with Crippen LogP contribution in [-0.4, -0.2) is 55.6 Å². The molecule has 0 saturated carbocycles. The second-order valence-corrected chi connectivity index (χ2v) is 5.01. The normalized spacial score (nSPS) is 20.0. The Hall–Kier alpha value is -0.120. The fourth-order valence-electron chi connectivity index (χ4n) is 1.99. The van der Waals surface area contributed by atoms with Crippen molar-refractivity contribution in [2.24, 2.45) is 11.7 Å². The highest BCUT2D eigenvalue weighted by atomic mass is 15.3. The molecule has 0 aromatic carbocycles. The minimum atomic E-state index is 0.827. The summed E-state index contributed by atoms with van der Waals surface area (Å²) < 4.78 is 0. The van der Waals surface area contributed by atoms with Crippen molar-refractivity contribution in [2.75, 3.05) is 45.8 Å². The van der Waals surface area contributed by atoms with Crippen LogP contribution in [0.25, 0.3) is 0 Å². The van der Waals surface area contributed by atoms with E-state index in [2.05, 4.69) is 23.6 Å². The van der Waals surface area contributed by atoms with Crippen LogP contribution in [-0.2, 0) is 0 Å². The summed E-state index contributed by atoms with van der Waals surface area (Å²) in [6.07, 6.45) is 2.48. The smallest absolute Gasteiger partial charge is 0.0110 e. The lowest BCUT2D eigenvalue weighted by Gasteiger charge is -2.34. The number of nitrogens with zero attached hydrogens (tertiary/aromatic N) is 2. The van der Waals surface area contributed by atoms with Crippen LogP contribution in [0.4, 0.5) is 0 Å². The molecule has 0 spiro atoms. The Morgan fingerprint density at radius 3 is 2.00 bits per heavy atom. The summed E-state index contributed by atoms with van der Waals surface area (Å²) in [5, 5.41) is 0. The van der Waals surface area contributed by atoms with Gasteiger partial charge in [-0.1, -0.05) is 13.8 Å². The molecule has 1 aliphatic rings. The Kier molecular flexibility index (Phi) is 6.22. The van der Waals surface area contributed by atoms with E-state index in [1.807, 2.05) is 0 Å². The van der Waals surface area contributed by atoms with Crippen LogP contribution in [0, 0.1) is 5.92 Å². The quantitative estimate of drug-likeness (QED) is 0.714. The van der Waals surface area contributed by atoms with Crippen molar-refractivity contribution in [2.45, 2.75) is 26.7 Å². The van der Waals surface area contributed by atoms with Gasteiger partial charge in [0.25, 0.3) is 0 Å². The predicted octanol–water partition coefficient (Wildman–Crippen LogP) is 0.999. The largest absolute Gasteiger partial charge is 0.330 e. The van der Waals surface area contributed by atoms with Crippen molar-refractivity contribution in [1.82, 2.24) is 9.80 Å². The molecule has 0 aromatic heterocycles. The van der Waals surface area contributed by atoms with Crippen molar-refractivity contribution in [3.8, 4) is 0 Å². The Morgan fingerprint density at radius 2 is 1.53 bits per heavy atom. The fourth-order valence-corrected chi connectivity index (χ4v) is 1.99. The zero-order chi connectivity index (χ0) is 11.1. The van der Waals surface area contributed by atoms with Gasteiger partial charge in [-0.3, -0.25) is 0 Å². The third kappa shape index (κ3) is 5.50. The van der Waals surface area contributed by atoms with E-state index in [1.54, 1.807) is 0 Å². The summed E-state index contributed by atoms with van der Waals surface area (Å²) in [5.41, 5.74) is 5.52. The molecule has 1 fully saturated rings. The molecule has 0 radical (unpaired) electrons. The maximum absolute atomic E-state index is 5.52. The molecule has 0 amide bonds. The zero-order valence-corrected chi connectivity index (χ0v) is 10.4. The Balaban J connectivity index is 2.07. The standard InChI is InChI=1S/C12H27N3/c1-12(2)4-7-15-10-8-14(9-11-15)6-3-5-13/h12H,3-11,13H2,1-2H3. The van der Waals surface area contributed by atoms with Crippen molar-refractivity contribution >= 4 is 0 Å². The van der Waals surface area contributed by atoms with Gasteiger partial charge in [-0.25, -0.2) is 0 Å². The van der Waals surface area contributed by atoms with Gasteiger partial charge >= 0.3 is 0 Å². The molecule has 15 heavy (non-hydrogen) atoms. The van der Waals surface area contributed by atoms with Gasteiger partial charge in [0.1, 0.15) is 0 Å². The van der Waals surface area contributed by atoms with Crippen LogP contribution in [0.2, 0.25) is 0 Å². The van der Waals surface area contributed by atoms with Crippen molar-refractivity contribution in [3.05, 3.63) is 0 Å². The van der Waals surface area contributed by atoms with Crippen LogP contribution in [0.15, 0.2) is 0 Å². The third-order valence-electron chi connectivity index (χ3n) is 3.17. The van der Waals surface area contributed by atoms with Gasteiger partial charge in [0.2, 0.25) is 0 Å². The SMILES string of the molecule is CC(C)CCN1CCN(CCCN)CC1. The lowest BCUT2D eigenvalue weighted by Crippen LogP contribution is -2.47. The first-order chi connectivity index (χ1) is 7.22. The van der Waals surface area contributed by atoms with Gasteiger partial charge < -0.3 is 15.5 Å². The van der Waals surface area contributed by atoms with E-state index in [-0.39, 0.29) is 0 Å². The van der Waals surface area contributed by atoms with Crippen molar-refractivity contribution in [3.63, 3.8) is 0 Å². The van der Waals surface area contributed by atoms with Gasteiger partial charge in [0, 0.05) is 26.2 Å². The maximum Gasteiger partial charge on any atom is 0.0110 e. The topological polar surface area (TPSA) is 32.5 Å². The molecule has 3 heteroatoms. The lowest BCUT2D eigenvalue weighted by molar-refractivity contribution is 0.127. The summed E-state index contributed by atoms with van der Waals surface area (Å²) in [7, 11) is 0. The van der Waals surface area contributed by atoms with Gasteiger partial charge in [-0.05, 0) is 38.4 Å². The third-order valence-corrected chi connectivity index (χ3v) is 3.17. The van der Waals surface area contributed by atoms with Gasteiger partial charge in [-0.15, -0.1) is 0 Å². The van der Waals surface area contributed by atoms with E-state index in [0.29, 0.717) is 0 Å². The van der Waals surface area contributed by atoms with E-state index in [1.165, 1.54) is 45.7 Å². The molecule has 90 valence electrons. The van der Waals surface area contributed by atoms with E-state index < -0.39 is 0 Å². The molecule has 0 unspecified atom stereocenters. The predicted molar refractivity (Wildman–Crippen MR) is 66.0 cm³/mol. The molecule has 3 nitrogen and oxygen atoms in total. The van der Waals surface area contributed by atoms with Crippen LogP contribution in [0.5, 0.6) is 0 Å². The Bertz CT molecular complexity index is 151. The number of rotatable bonds is 6. The molecule has 1 saturated heterocycles. The highest BCUT2D eigenvalue weighted by Crippen LogP contribution is 2.06. The van der Waals surface area contributed by atoms with E-state index >= 15 is 0 Å². The van der Waals surface area contributed by atoms with Crippen LogP contribution in [0.3, 0.4) is 0 Å². The summed E-state index contributed by atoms with van der Waals surface area (Å²) in [6, 6.07) is 0. The molecule has 0 aliphatic carbocycles. The van der Waals surface area contributed by atoms with E-state index in [0.717, 1.165) is 18.9 Å². The van der Waals surface area contributed by atoms with Crippen molar-refractivity contribution in [1.29, 1.82) is 0 Å². The van der Waals surface area contributed by atoms with Crippen LogP contribution in [0.1, 0.15) is 26.7 Å². The average molecular weight is 213 g/mol. The number of piperazine rings is 1. The number of hydrogen-bond acceptors (Lipinski definition) is 3. The summed E-state index contributed by atoms with van der Waals surface area (Å²) in [6.45, 7) is 12.9. The van der Waals surface area contributed by atoms with Crippen LogP contribution < -0.4 is 5.73 Å². The number of hydrogen-bond donors (Lipinski definition) is 1. The second-order valence-electron chi connectivity index (χ2n) is 5.01. The molecule has 1 rings (SSSR count). The zero-order valence-electron chi connectivity index (χ0n) is 10.4. The molecule has 2 N–H and O–H groups in total. The molecule has 0 bridgehead atoms. The monoisotopic (exact) mass is 213 g/mol. The maximum atomic E-state index is 5.52. The molecule has 1 heterocycles. The number of nitrogens with two attached hydrogens (primary N) is 1. The van der Waals surface area contributed by atoms with Crippen LogP contribution >= 0.6 is 0 Å². The Morgan fingerprint density at radius 1 is 1.00 bits per heavy atom. The summed E-state index contributed by atoms with van der Waals surface area (Å²) >= 11 is 0. The van der Waals surface area contributed by atoms with Gasteiger partial charge in [-0.2, -0.15) is 0 Å². The minimum absolute atomic E-state index is 0.827. The molecule has 1 aliphatic heterocycles. The molecular weight excluding hydrogens is 186 g/mol. The fraction of sp³-hybridized carbons (Fsp3) is 1.00. The van der Waals surface area contributed by atoms with E-state index in [4.69, 9.17) is 5.73 Å². The first kappa shape index (κ1) is 12.9. The Labute approximate surface area is 94.6 Å².